The number of rotatable bonds is 2. The monoisotopic (exact) mass is 178 g/mol. The van der Waals surface area contributed by atoms with Crippen LogP contribution in [-0.4, -0.2) is 18.8 Å². The first-order chi connectivity index (χ1) is 6.29. The molecule has 0 aromatic heterocycles. The molecule has 4 heteroatoms. The largest absolute Gasteiger partial charge is 0.464 e. The van der Waals surface area contributed by atoms with E-state index >= 15 is 0 Å². The molecule has 0 unspecified atom stereocenters. The highest BCUT2D eigenvalue weighted by Gasteiger charge is 2.12. The predicted octanol–water partition coefficient (Wildman–Crippen LogP) is 0.522. The van der Waals surface area contributed by atoms with Crippen LogP contribution in [0.3, 0.4) is 0 Å². The van der Waals surface area contributed by atoms with E-state index in [1.165, 1.54) is 7.11 Å². The molecule has 0 spiro atoms. The number of hydrogen-bond acceptors (Lipinski definition) is 4. The first-order valence-electron chi connectivity index (χ1n) is 3.71. The smallest absolute Gasteiger partial charge is 0.359 e. The molecule has 0 aliphatic rings. The second-order valence-electron chi connectivity index (χ2n) is 2.34. The maximum atomic E-state index is 11.1. The zero-order chi connectivity index (χ0) is 9.68. The molecule has 0 saturated heterocycles. The quantitative estimate of drug-likeness (QED) is 0.311. The summed E-state index contributed by atoms with van der Waals surface area (Å²) in [6.07, 6.45) is 0. The molecule has 0 fully saturated rings. The van der Waals surface area contributed by atoms with Gasteiger partial charge in [0.2, 0.25) is 0 Å². The average molecular weight is 178 g/mol. The Morgan fingerprint density at radius 1 is 1.38 bits per heavy atom. The maximum absolute atomic E-state index is 11.1. The van der Waals surface area contributed by atoms with E-state index in [2.05, 4.69) is 9.84 Å². The lowest BCUT2D eigenvalue weighted by Gasteiger charge is -2.01. The van der Waals surface area contributed by atoms with Crippen LogP contribution in [0.1, 0.15) is 5.56 Å². The number of nitrogens with zero attached hydrogens (tertiary/aromatic N) is 1. The number of benzene rings is 1. The SMILES string of the molecule is COC(=O)/C(=N\N)c1ccccc1. The van der Waals surface area contributed by atoms with Gasteiger partial charge in [-0.3, -0.25) is 0 Å². The van der Waals surface area contributed by atoms with Gasteiger partial charge in [-0.1, -0.05) is 30.3 Å². The molecule has 4 nitrogen and oxygen atoms in total. The number of ether oxygens (including phenoxy) is 1. The second-order valence-corrected chi connectivity index (χ2v) is 2.34. The fourth-order valence-electron chi connectivity index (χ4n) is 0.938. The zero-order valence-corrected chi connectivity index (χ0v) is 7.23. The molecule has 0 bridgehead atoms. The third kappa shape index (κ3) is 2.05. The maximum Gasteiger partial charge on any atom is 0.359 e. The third-order valence-corrected chi connectivity index (χ3v) is 1.56. The molecular weight excluding hydrogens is 168 g/mol. The molecule has 1 aromatic carbocycles. The Morgan fingerprint density at radius 2 is 2.00 bits per heavy atom. The fourth-order valence-corrected chi connectivity index (χ4v) is 0.938. The molecule has 0 heterocycles. The number of esters is 1. The minimum absolute atomic E-state index is 0.128. The number of carbonyl (C=O) groups is 1. The number of nitrogens with two attached hydrogens (primary N) is 1. The highest BCUT2D eigenvalue weighted by molar-refractivity contribution is 6.43. The van der Waals surface area contributed by atoms with E-state index in [0.717, 1.165) is 0 Å². The minimum atomic E-state index is -0.534. The summed E-state index contributed by atoms with van der Waals surface area (Å²) in [5, 5.41) is 3.37. The average Bonchev–Trinajstić information content (AvgIpc) is 2.20. The molecule has 0 radical (unpaired) electrons. The Bertz CT molecular complexity index is 320. The molecule has 0 atom stereocenters. The number of hydrogen-bond donors (Lipinski definition) is 1. The molecule has 0 aliphatic carbocycles. The van der Waals surface area contributed by atoms with Gasteiger partial charge >= 0.3 is 5.97 Å². The molecule has 1 rings (SSSR count). The van der Waals surface area contributed by atoms with Crippen LogP contribution >= 0.6 is 0 Å². The highest BCUT2D eigenvalue weighted by atomic mass is 16.5. The second kappa shape index (κ2) is 4.25. The summed E-state index contributed by atoms with van der Waals surface area (Å²) in [4.78, 5) is 11.1. The van der Waals surface area contributed by atoms with Crippen LogP contribution in [0.15, 0.2) is 35.4 Å². The van der Waals surface area contributed by atoms with Crippen molar-refractivity contribution in [3.63, 3.8) is 0 Å². The lowest BCUT2D eigenvalue weighted by atomic mass is 10.1. The Balaban J connectivity index is 3.00. The van der Waals surface area contributed by atoms with E-state index in [9.17, 15) is 4.79 Å². The first-order valence-corrected chi connectivity index (χ1v) is 3.71. The Kier molecular flexibility index (Phi) is 3.03. The van der Waals surface area contributed by atoms with Crippen LogP contribution in [0.25, 0.3) is 0 Å². The first kappa shape index (κ1) is 9.25. The summed E-state index contributed by atoms with van der Waals surface area (Å²) in [5.41, 5.74) is 0.778. The topological polar surface area (TPSA) is 64.7 Å². The predicted molar refractivity (Wildman–Crippen MR) is 49.2 cm³/mol. The van der Waals surface area contributed by atoms with Crippen LogP contribution < -0.4 is 5.84 Å². The minimum Gasteiger partial charge on any atom is -0.464 e. The van der Waals surface area contributed by atoms with Gasteiger partial charge in [0.1, 0.15) is 0 Å². The van der Waals surface area contributed by atoms with Gasteiger partial charge in [0, 0.05) is 5.56 Å². The summed E-state index contributed by atoms with van der Waals surface area (Å²) in [5.74, 6) is 4.53. The fraction of sp³-hybridized carbons (Fsp3) is 0.111. The van der Waals surface area contributed by atoms with Crippen LogP contribution in [0.4, 0.5) is 0 Å². The van der Waals surface area contributed by atoms with Gasteiger partial charge in [0.15, 0.2) is 5.71 Å². The van der Waals surface area contributed by atoms with Crippen molar-refractivity contribution in [1.29, 1.82) is 0 Å². The lowest BCUT2D eigenvalue weighted by molar-refractivity contribution is -0.132. The molecule has 0 saturated carbocycles. The van der Waals surface area contributed by atoms with Gasteiger partial charge in [-0.25, -0.2) is 4.79 Å². The van der Waals surface area contributed by atoms with Gasteiger partial charge < -0.3 is 10.6 Å². The standard InChI is InChI=1S/C9H10N2O2/c1-13-9(12)8(11-10)7-5-3-2-4-6-7/h2-6H,10H2,1H3/b11-8-. The van der Waals surface area contributed by atoms with Crippen molar-refractivity contribution in [2.24, 2.45) is 10.9 Å². The van der Waals surface area contributed by atoms with Gasteiger partial charge in [-0.05, 0) is 0 Å². The molecule has 0 aliphatic heterocycles. The van der Waals surface area contributed by atoms with E-state index in [1.54, 1.807) is 24.3 Å². The number of hydrazone groups is 1. The van der Waals surface area contributed by atoms with Crippen molar-refractivity contribution >= 4 is 11.7 Å². The Labute approximate surface area is 76.0 Å². The Hall–Kier alpha value is -1.84. The summed E-state index contributed by atoms with van der Waals surface area (Å²) in [6.45, 7) is 0. The van der Waals surface area contributed by atoms with Crippen molar-refractivity contribution in [2.45, 2.75) is 0 Å². The van der Waals surface area contributed by atoms with Gasteiger partial charge in [-0.15, -0.1) is 0 Å². The summed E-state index contributed by atoms with van der Waals surface area (Å²) < 4.78 is 4.51. The summed E-state index contributed by atoms with van der Waals surface area (Å²) >= 11 is 0. The Morgan fingerprint density at radius 3 is 2.46 bits per heavy atom. The van der Waals surface area contributed by atoms with Gasteiger partial charge in [0.05, 0.1) is 7.11 Å². The van der Waals surface area contributed by atoms with E-state index in [-0.39, 0.29) is 5.71 Å². The number of carbonyl (C=O) groups excluding carboxylic acids is 1. The van der Waals surface area contributed by atoms with E-state index in [0.29, 0.717) is 5.56 Å². The van der Waals surface area contributed by atoms with E-state index in [4.69, 9.17) is 5.84 Å². The van der Waals surface area contributed by atoms with Gasteiger partial charge in [0.25, 0.3) is 0 Å². The lowest BCUT2D eigenvalue weighted by Crippen LogP contribution is -2.18. The van der Waals surface area contributed by atoms with Crippen molar-refractivity contribution in [1.82, 2.24) is 0 Å². The molecule has 13 heavy (non-hydrogen) atoms. The van der Waals surface area contributed by atoms with Crippen LogP contribution in [-0.2, 0) is 9.53 Å². The van der Waals surface area contributed by atoms with Crippen molar-refractivity contribution in [2.75, 3.05) is 7.11 Å². The normalized spacial score (nSPS) is 11.0. The van der Waals surface area contributed by atoms with Crippen LogP contribution in [0.5, 0.6) is 0 Å². The van der Waals surface area contributed by atoms with Crippen LogP contribution in [0.2, 0.25) is 0 Å². The molecule has 1 aromatic rings. The summed E-state index contributed by atoms with van der Waals surface area (Å²) in [7, 11) is 1.29. The van der Waals surface area contributed by atoms with E-state index < -0.39 is 5.97 Å². The highest BCUT2D eigenvalue weighted by Crippen LogP contribution is 2.01. The molecule has 68 valence electrons. The van der Waals surface area contributed by atoms with Crippen LogP contribution in [0, 0.1) is 0 Å². The van der Waals surface area contributed by atoms with Crippen molar-refractivity contribution < 1.29 is 9.53 Å². The third-order valence-electron chi connectivity index (χ3n) is 1.56. The zero-order valence-electron chi connectivity index (χ0n) is 7.23. The van der Waals surface area contributed by atoms with Crippen molar-refractivity contribution in [3.05, 3.63) is 35.9 Å². The summed E-state index contributed by atoms with van der Waals surface area (Å²) in [6, 6.07) is 8.91. The van der Waals surface area contributed by atoms with Gasteiger partial charge in [-0.2, -0.15) is 5.10 Å². The number of methoxy groups -OCH3 is 1. The molecular formula is C9H10N2O2. The molecule has 0 amide bonds. The van der Waals surface area contributed by atoms with Crippen molar-refractivity contribution in [3.8, 4) is 0 Å². The van der Waals surface area contributed by atoms with E-state index in [1.807, 2.05) is 6.07 Å². The molecule has 2 N–H and O–H groups in total.